The minimum atomic E-state index is -0.741. The summed E-state index contributed by atoms with van der Waals surface area (Å²) < 4.78 is 14.1. The number of hydrogen-bond acceptors (Lipinski definition) is 6. The van der Waals surface area contributed by atoms with Gasteiger partial charge in [0.1, 0.15) is 12.1 Å². The second kappa shape index (κ2) is 7.64. The Morgan fingerprint density at radius 3 is 2.47 bits per heavy atom. The second-order valence-corrected chi connectivity index (χ2v) is 6.96. The summed E-state index contributed by atoms with van der Waals surface area (Å²) in [6.07, 6.45) is 2.61. The van der Waals surface area contributed by atoms with Crippen molar-refractivity contribution in [1.29, 1.82) is 0 Å². The molecule has 0 aliphatic carbocycles. The van der Waals surface area contributed by atoms with Crippen molar-refractivity contribution in [2.45, 2.75) is 13.0 Å². The molecule has 8 heteroatoms. The Balaban J connectivity index is 1.92. The van der Waals surface area contributed by atoms with E-state index in [2.05, 4.69) is 4.98 Å². The number of fused-ring (bicyclic) bond motifs is 1. The number of hydrogen-bond donors (Lipinski definition) is 1. The summed E-state index contributed by atoms with van der Waals surface area (Å²) in [5, 5.41) is 10.2. The number of aliphatic hydroxyl groups excluding tert-OH is 1. The molecule has 0 saturated heterocycles. The Labute approximate surface area is 173 Å². The summed E-state index contributed by atoms with van der Waals surface area (Å²) in [4.78, 5) is 21.4. The fraction of sp³-hybridized carbons (Fsp3) is 0.227. The van der Waals surface area contributed by atoms with Crippen LogP contribution in [-0.4, -0.2) is 38.4 Å². The van der Waals surface area contributed by atoms with Crippen molar-refractivity contribution in [3.8, 4) is 28.6 Å². The molecule has 4 aromatic rings. The van der Waals surface area contributed by atoms with Crippen molar-refractivity contribution in [1.82, 2.24) is 19.1 Å². The summed E-state index contributed by atoms with van der Waals surface area (Å²) >= 11 is 0. The molecule has 1 atom stereocenters. The molecule has 3 aromatic heterocycles. The van der Waals surface area contributed by atoms with Crippen LogP contribution in [0.3, 0.4) is 0 Å². The van der Waals surface area contributed by atoms with E-state index in [0.717, 1.165) is 11.0 Å². The summed E-state index contributed by atoms with van der Waals surface area (Å²) in [7, 11) is 4.84. The SMILES string of the molecule is COc1cc2ncn(-c3ccc([C@@H](C)O)c(-c4ccn(C)c(=O)c4)n3)c2cc1OC. The number of methoxy groups -OCH3 is 2. The first-order valence-electron chi connectivity index (χ1n) is 9.38. The van der Waals surface area contributed by atoms with E-state index >= 15 is 0 Å². The van der Waals surface area contributed by atoms with Gasteiger partial charge in [-0.25, -0.2) is 9.97 Å². The van der Waals surface area contributed by atoms with Crippen molar-refractivity contribution in [3.05, 3.63) is 64.8 Å². The molecule has 0 saturated carbocycles. The second-order valence-electron chi connectivity index (χ2n) is 6.96. The quantitative estimate of drug-likeness (QED) is 0.548. The zero-order valence-electron chi connectivity index (χ0n) is 17.2. The van der Waals surface area contributed by atoms with Gasteiger partial charge in [-0.2, -0.15) is 0 Å². The minimum absolute atomic E-state index is 0.152. The lowest BCUT2D eigenvalue weighted by Gasteiger charge is -2.14. The lowest BCUT2D eigenvalue weighted by Crippen LogP contribution is -2.15. The molecule has 1 N–H and O–H groups in total. The van der Waals surface area contributed by atoms with Gasteiger partial charge < -0.3 is 19.1 Å². The third-order valence-corrected chi connectivity index (χ3v) is 5.04. The molecule has 3 heterocycles. The molecular weight excluding hydrogens is 384 g/mol. The van der Waals surface area contributed by atoms with Gasteiger partial charge in [0, 0.05) is 42.6 Å². The average molecular weight is 406 g/mol. The Hall–Kier alpha value is -3.65. The van der Waals surface area contributed by atoms with Crippen LogP contribution in [0.15, 0.2) is 53.7 Å². The van der Waals surface area contributed by atoms with E-state index in [1.807, 2.05) is 22.8 Å². The van der Waals surface area contributed by atoms with Gasteiger partial charge in [-0.1, -0.05) is 6.07 Å². The monoisotopic (exact) mass is 406 g/mol. The van der Waals surface area contributed by atoms with Gasteiger partial charge >= 0.3 is 0 Å². The first-order chi connectivity index (χ1) is 14.4. The van der Waals surface area contributed by atoms with Crippen LogP contribution in [0.1, 0.15) is 18.6 Å². The Morgan fingerprint density at radius 1 is 1.07 bits per heavy atom. The highest BCUT2D eigenvalue weighted by Crippen LogP contribution is 2.33. The summed E-state index contributed by atoms with van der Waals surface area (Å²) in [6.45, 7) is 1.67. The van der Waals surface area contributed by atoms with Crippen molar-refractivity contribution in [2.75, 3.05) is 14.2 Å². The van der Waals surface area contributed by atoms with Gasteiger partial charge in [0.15, 0.2) is 11.5 Å². The molecule has 0 radical (unpaired) electrons. The van der Waals surface area contributed by atoms with Crippen LogP contribution >= 0.6 is 0 Å². The average Bonchev–Trinajstić information content (AvgIpc) is 3.16. The van der Waals surface area contributed by atoms with E-state index in [0.29, 0.717) is 34.1 Å². The lowest BCUT2D eigenvalue weighted by atomic mass is 10.0. The number of aromatic nitrogens is 4. The number of aryl methyl sites for hydroxylation is 1. The van der Waals surface area contributed by atoms with Crippen molar-refractivity contribution >= 4 is 11.0 Å². The van der Waals surface area contributed by atoms with Crippen molar-refractivity contribution < 1.29 is 14.6 Å². The van der Waals surface area contributed by atoms with E-state index in [1.54, 1.807) is 52.8 Å². The highest BCUT2D eigenvalue weighted by atomic mass is 16.5. The molecular formula is C22H22N4O4. The van der Waals surface area contributed by atoms with Gasteiger partial charge in [0.2, 0.25) is 0 Å². The molecule has 4 rings (SSSR count). The van der Waals surface area contributed by atoms with Crippen molar-refractivity contribution in [3.63, 3.8) is 0 Å². The van der Waals surface area contributed by atoms with Crippen LogP contribution in [0.4, 0.5) is 0 Å². The largest absolute Gasteiger partial charge is 0.493 e. The van der Waals surface area contributed by atoms with E-state index < -0.39 is 6.10 Å². The first-order valence-corrected chi connectivity index (χ1v) is 9.38. The van der Waals surface area contributed by atoms with Crippen LogP contribution in [0, 0.1) is 0 Å². The Bertz CT molecular complexity index is 1290. The highest BCUT2D eigenvalue weighted by molar-refractivity contribution is 5.81. The van der Waals surface area contributed by atoms with Crippen LogP contribution in [-0.2, 0) is 7.05 Å². The predicted octanol–water partition coefficient (Wildman–Crippen LogP) is 2.86. The lowest BCUT2D eigenvalue weighted by molar-refractivity contribution is 0.199. The molecule has 0 spiro atoms. The number of benzene rings is 1. The van der Waals surface area contributed by atoms with Crippen LogP contribution in [0.5, 0.6) is 11.5 Å². The van der Waals surface area contributed by atoms with Gasteiger partial charge in [-0.05, 0) is 19.1 Å². The van der Waals surface area contributed by atoms with Crippen molar-refractivity contribution in [2.24, 2.45) is 7.05 Å². The molecule has 0 bridgehead atoms. The number of rotatable bonds is 5. The van der Waals surface area contributed by atoms with Gasteiger partial charge in [-0.3, -0.25) is 9.36 Å². The molecule has 0 aliphatic heterocycles. The summed E-state index contributed by atoms with van der Waals surface area (Å²) in [5.74, 6) is 1.78. The summed E-state index contributed by atoms with van der Waals surface area (Å²) in [6, 6.07) is 10.6. The highest BCUT2D eigenvalue weighted by Gasteiger charge is 2.16. The minimum Gasteiger partial charge on any atom is -0.493 e. The zero-order valence-corrected chi connectivity index (χ0v) is 17.2. The van der Waals surface area contributed by atoms with E-state index in [4.69, 9.17) is 14.5 Å². The van der Waals surface area contributed by atoms with Gasteiger partial charge in [-0.15, -0.1) is 0 Å². The maximum atomic E-state index is 12.1. The number of imidazole rings is 1. The predicted molar refractivity (Wildman–Crippen MR) is 113 cm³/mol. The normalized spacial score (nSPS) is 12.2. The van der Waals surface area contributed by atoms with Crippen LogP contribution in [0.25, 0.3) is 28.1 Å². The molecule has 1 aromatic carbocycles. The number of aliphatic hydroxyl groups is 1. The number of pyridine rings is 2. The van der Waals surface area contributed by atoms with Gasteiger partial charge in [0.25, 0.3) is 5.56 Å². The third-order valence-electron chi connectivity index (χ3n) is 5.04. The Kier molecular flexibility index (Phi) is 5.01. The topological polar surface area (TPSA) is 91.4 Å². The van der Waals surface area contributed by atoms with E-state index in [9.17, 15) is 9.90 Å². The molecule has 8 nitrogen and oxygen atoms in total. The smallest absolute Gasteiger partial charge is 0.250 e. The Morgan fingerprint density at radius 2 is 1.80 bits per heavy atom. The van der Waals surface area contributed by atoms with E-state index in [-0.39, 0.29) is 5.56 Å². The van der Waals surface area contributed by atoms with Crippen LogP contribution < -0.4 is 15.0 Å². The number of nitrogens with zero attached hydrogens (tertiary/aromatic N) is 4. The number of ether oxygens (including phenoxy) is 2. The fourth-order valence-corrected chi connectivity index (χ4v) is 3.38. The van der Waals surface area contributed by atoms with Gasteiger partial charge in [0.05, 0.1) is 37.1 Å². The fourth-order valence-electron chi connectivity index (χ4n) is 3.38. The molecule has 0 aliphatic rings. The molecule has 0 fully saturated rings. The molecule has 0 amide bonds. The zero-order chi connectivity index (χ0) is 21.4. The van der Waals surface area contributed by atoms with E-state index in [1.165, 1.54) is 10.6 Å². The molecule has 30 heavy (non-hydrogen) atoms. The maximum absolute atomic E-state index is 12.1. The van der Waals surface area contributed by atoms with Crippen LogP contribution in [0.2, 0.25) is 0 Å². The molecule has 0 unspecified atom stereocenters. The summed E-state index contributed by atoms with van der Waals surface area (Å²) in [5.41, 5.74) is 3.18. The maximum Gasteiger partial charge on any atom is 0.250 e. The standard InChI is InChI=1S/C22H22N4O4/c1-13(27)15-5-6-20(24-22(15)14-7-8-25(2)21(28)9-14)26-12-23-16-10-18(29-3)19(30-4)11-17(16)26/h5-13,27H,1-4H3/t13-/m1/s1. The molecule has 154 valence electrons. The first kappa shape index (κ1) is 19.7. The third kappa shape index (κ3) is 3.31.